The van der Waals surface area contributed by atoms with Crippen molar-refractivity contribution in [3.05, 3.63) is 51.7 Å². The summed E-state index contributed by atoms with van der Waals surface area (Å²) < 4.78 is 1.38. The van der Waals surface area contributed by atoms with Gasteiger partial charge in [0.05, 0.1) is 5.75 Å². The van der Waals surface area contributed by atoms with Crippen LogP contribution in [-0.4, -0.2) is 38.5 Å². The molecule has 0 bridgehead atoms. The topological polar surface area (TPSA) is 77.0 Å². The molecule has 1 amide bonds. The van der Waals surface area contributed by atoms with Gasteiger partial charge in [0.25, 0.3) is 0 Å². The zero-order chi connectivity index (χ0) is 17.8. The zero-order valence-corrected chi connectivity index (χ0v) is 15.8. The summed E-state index contributed by atoms with van der Waals surface area (Å²) in [6.45, 7) is 0.589. The number of thioether (sulfide) groups is 1. The molecule has 0 aliphatic carbocycles. The van der Waals surface area contributed by atoms with Crippen molar-refractivity contribution < 1.29 is 4.79 Å². The Kier molecular flexibility index (Phi) is 5.62. The minimum atomic E-state index is 0.00325. The molecule has 3 rings (SSSR count). The van der Waals surface area contributed by atoms with Crippen LogP contribution in [-0.2, 0) is 11.3 Å². The second-order valence-electron chi connectivity index (χ2n) is 5.36. The fourth-order valence-corrected chi connectivity index (χ4v) is 3.83. The highest BCUT2D eigenvalue weighted by molar-refractivity contribution is 7.99. The van der Waals surface area contributed by atoms with Gasteiger partial charge in [-0.15, -0.1) is 10.2 Å². The Hall–Kier alpha value is -2.03. The van der Waals surface area contributed by atoms with E-state index < -0.39 is 0 Å². The Morgan fingerprint density at radius 1 is 1.40 bits per heavy atom. The first-order valence-corrected chi connectivity index (χ1v) is 9.69. The fourth-order valence-electron chi connectivity index (χ4n) is 2.18. The molecule has 0 fully saturated rings. The van der Waals surface area contributed by atoms with Gasteiger partial charge >= 0.3 is 0 Å². The first-order valence-electron chi connectivity index (χ1n) is 7.39. The number of aromatic nitrogens is 3. The highest BCUT2D eigenvalue weighted by Crippen LogP contribution is 2.24. The van der Waals surface area contributed by atoms with Crippen molar-refractivity contribution in [2.75, 3.05) is 18.6 Å². The smallest absolute Gasteiger partial charge is 0.233 e. The highest BCUT2D eigenvalue weighted by atomic mass is 35.5. The van der Waals surface area contributed by atoms with Crippen LogP contribution in [0.1, 0.15) is 5.56 Å². The molecule has 130 valence electrons. The lowest BCUT2D eigenvalue weighted by molar-refractivity contribution is -0.127. The van der Waals surface area contributed by atoms with Crippen molar-refractivity contribution in [3.63, 3.8) is 0 Å². The zero-order valence-electron chi connectivity index (χ0n) is 13.4. The number of nitrogen functional groups attached to an aromatic ring is 1. The Balaban J connectivity index is 1.63. The van der Waals surface area contributed by atoms with E-state index in [1.165, 1.54) is 16.4 Å². The molecule has 0 aliphatic rings. The third-order valence-electron chi connectivity index (χ3n) is 3.50. The highest BCUT2D eigenvalue weighted by Gasteiger charge is 2.16. The van der Waals surface area contributed by atoms with Gasteiger partial charge in [0.2, 0.25) is 11.1 Å². The molecule has 9 heteroatoms. The molecule has 0 saturated heterocycles. The van der Waals surface area contributed by atoms with Gasteiger partial charge in [-0.05, 0) is 34.5 Å². The van der Waals surface area contributed by atoms with Crippen LogP contribution in [0, 0.1) is 0 Å². The van der Waals surface area contributed by atoms with E-state index in [0.717, 1.165) is 11.1 Å². The Morgan fingerprint density at radius 3 is 2.96 bits per heavy atom. The molecule has 0 unspecified atom stereocenters. The average Bonchev–Trinajstić information content (AvgIpc) is 3.22. The van der Waals surface area contributed by atoms with Crippen LogP contribution in [0.5, 0.6) is 0 Å². The van der Waals surface area contributed by atoms with E-state index in [4.69, 9.17) is 17.4 Å². The van der Waals surface area contributed by atoms with Gasteiger partial charge < -0.3 is 10.7 Å². The number of hydrogen-bond acceptors (Lipinski definition) is 6. The number of nitrogens with two attached hydrogens (primary N) is 1. The maximum absolute atomic E-state index is 12.3. The third kappa shape index (κ3) is 4.33. The van der Waals surface area contributed by atoms with Gasteiger partial charge in [-0.2, -0.15) is 11.3 Å². The van der Waals surface area contributed by atoms with Crippen molar-refractivity contribution >= 4 is 40.6 Å². The van der Waals surface area contributed by atoms with Gasteiger partial charge in [0, 0.05) is 24.2 Å². The molecule has 0 atom stereocenters. The Labute approximate surface area is 158 Å². The minimum Gasteiger partial charge on any atom is -0.341 e. The number of carbonyl (C=O) groups excluding carboxylic acids is 1. The van der Waals surface area contributed by atoms with E-state index in [9.17, 15) is 4.79 Å². The molecule has 1 aromatic carbocycles. The van der Waals surface area contributed by atoms with Crippen molar-refractivity contribution in [1.29, 1.82) is 0 Å². The molecule has 2 N–H and O–H groups in total. The van der Waals surface area contributed by atoms with E-state index in [1.807, 2.05) is 29.0 Å². The lowest BCUT2D eigenvalue weighted by Crippen LogP contribution is -2.27. The van der Waals surface area contributed by atoms with E-state index >= 15 is 0 Å². The summed E-state index contributed by atoms with van der Waals surface area (Å²) in [5, 5.41) is 13.3. The summed E-state index contributed by atoms with van der Waals surface area (Å²) >= 11 is 8.87. The fraction of sp³-hybridized carbons (Fsp3) is 0.188. The third-order valence-corrected chi connectivity index (χ3v) is 5.39. The number of carbonyl (C=O) groups is 1. The lowest BCUT2D eigenvalue weighted by atomic mass is 10.2. The molecule has 0 saturated carbocycles. The number of thiophene rings is 1. The largest absolute Gasteiger partial charge is 0.341 e. The maximum atomic E-state index is 12.3. The summed E-state index contributed by atoms with van der Waals surface area (Å²) in [5.74, 6) is 6.81. The molecule has 6 nitrogen and oxygen atoms in total. The number of rotatable bonds is 6. The number of nitrogens with zero attached hydrogens (tertiary/aromatic N) is 4. The van der Waals surface area contributed by atoms with Gasteiger partial charge in [-0.3, -0.25) is 4.79 Å². The van der Waals surface area contributed by atoms with Crippen LogP contribution in [0.25, 0.3) is 11.4 Å². The van der Waals surface area contributed by atoms with E-state index in [0.29, 0.717) is 22.5 Å². The Morgan fingerprint density at radius 2 is 2.24 bits per heavy atom. The number of halogens is 1. The minimum absolute atomic E-state index is 0.00325. The molecule has 2 heterocycles. The van der Waals surface area contributed by atoms with Gasteiger partial charge in [-0.25, -0.2) is 4.68 Å². The summed E-state index contributed by atoms with van der Waals surface area (Å²) in [7, 11) is 1.78. The van der Waals surface area contributed by atoms with Crippen LogP contribution < -0.4 is 5.84 Å². The van der Waals surface area contributed by atoms with E-state index in [-0.39, 0.29) is 11.7 Å². The predicted octanol–water partition coefficient (Wildman–Crippen LogP) is 3.12. The maximum Gasteiger partial charge on any atom is 0.233 e. The lowest BCUT2D eigenvalue weighted by Gasteiger charge is -2.15. The molecule has 0 aliphatic heterocycles. The SMILES string of the molecule is CN(Cc1ccsc1)C(=O)CSc1nnc(-c2cccc(Cl)c2)n1N. The molecule has 2 aromatic heterocycles. The summed E-state index contributed by atoms with van der Waals surface area (Å²) in [4.78, 5) is 14.0. The van der Waals surface area contributed by atoms with Crippen LogP contribution in [0.2, 0.25) is 5.02 Å². The molecular weight excluding hydrogens is 378 g/mol. The van der Waals surface area contributed by atoms with Gasteiger partial charge in [-0.1, -0.05) is 35.5 Å². The molecule has 0 radical (unpaired) electrons. The van der Waals surface area contributed by atoms with Gasteiger partial charge in [0.15, 0.2) is 5.82 Å². The molecule has 3 aromatic rings. The quantitative estimate of drug-likeness (QED) is 0.514. The summed E-state index contributed by atoms with van der Waals surface area (Å²) in [5.41, 5.74) is 1.89. The molecule has 0 spiro atoms. The normalized spacial score (nSPS) is 10.8. The van der Waals surface area contributed by atoms with Crippen LogP contribution in [0.15, 0.2) is 46.2 Å². The van der Waals surface area contributed by atoms with Crippen molar-refractivity contribution in [2.24, 2.45) is 0 Å². The summed E-state index contributed by atoms with van der Waals surface area (Å²) in [6.07, 6.45) is 0. The van der Waals surface area contributed by atoms with Crippen LogP contribution in [0.4, 0.5) is 0 Å². The van der Waals surface area contributed by atoms with Gasteiger partial charge in [0.1, 0.15) is 0 Å². The number of hydrogen-bond donors (Lipinski definition) is 1. The van der Waals surface area contributed by atoms with Crippen molar-refractivity contribution in [2.45, 2.75) is 11.7 Å². The first-order chi connectivity index (χ1) is 12.0. The van der Waals surface area contributed by atoms with E-state index in [1.54, 1.807) is 35.4 Å². The van der Waals surface area contributed by atoms with Crippen LogP contribution in [0.3, 0.4) is 0 Å². The van der Waals surface area contributed by atoms with Crippen molar-refractivity contribution in [3.8, 4) is 11.4 Å². The standard InChI is InChI=1S/C16H16ClN5OS2/c1-21(8-11-5-6-24-9-11)14(23)10-25-16-20-19-15(22(16)18)12-3-2-4-13(17)7-12/h2-7,9H,8,10,18H2,1H3. The number of amides is 1. The summed E-state index contributed by atoms with van der Waals surface area (Å²) in [6, 6.07) is 9.23. The second-order valence-corrected chi connectivity index (χ2v) is 7.52. The molecule has 25 heavy (non-hydrogen) atoms. The van der Waals surface area contributed by atoms with E-state index in [2.05, 4.69) is 10.2 Å². The predicted molar refractivity (Wildman–Crippen MR) is 102 cm³/mol. The first kappa shape index (κ1) is 17.8. The average molecular weight is 394 g/mol. The van der Waals surface area contributed by atoms with Crippen LogP contribution >= 0.6 is 34.7 Å². The Bertz CT molecular complexity index is 865. The monoisotopic (exact) mass is 393 g/mol. The second kappa shape index (κ2) is 7.90. The van der Waals surface area contributed by atoms with Crippen molar-refractivity contribution in [1.82, 2.24) is 19.8 Å². The number of benzene rings is 1. The molecular formula is C16H16ClN5OS2.